The second-order valence-corrected chi connectivity index (χ2v) is 8.43. The molecule has 25 heavy (non-hydrogen) atoms. The molecule has 1 saturated heterocycles. The van der Waals surface area contributed by atoms with Gasteiger partial charge in [0.2, 0.25) is 0 Å². The Hall–Kier alpha value is -1.82. The number of carbonyl (C=O) groups excluding carboxylic acids is 1. The van der Waals surface area contributed by atoms with Crippen LogP contribution in [0.2, 0.25) is 0 Å². The summed E-state index contributed by atoms with van der Waals surface area (Å²) in [6, 6.07) is 8.13. The minimum Gasteiger partial charge on any atom is -0.444 e. The Kier molecular flexibility index (Phi) is 4.91. The Labute approximate surface area is 156 Å². The summed E-state index contributed by atoms with van der Waals surface area (Å²) in [6.07, 6.45) is 3.38. The Morgan fingerprint density at radius 1 is 1.28 bits per heavy atom. The largest absolute Gasteiger partial charge is 0.444 e. The van der Waals surface area contributed by atoms with Crippen molar-refractivity contribution in [3.63, 3.8) is 0 Å². The first-order valence-corrected chi connectivity index (χ1v) is 9.36. The molecule has 1 aliphatic rings. The zero-order valence-corrected chi connectivity index (χ0v) is 16.6. The normalized spacial score (nSPS) is 20.8. The minimum atomic E-state index is -0.504. The second kappa shape index (κ2) is 6.83. The summed E-state index contributed by atoms with van der Waals surface area (Å²) in [4.78, 5) is 22.4. The Balaban J connectivity index is 1.83. The molecule has 0 saturated carbocycles. The molecule has 5 nitrogen and oxygen atoms in total. The number of rotatable bonds is 2. The van der Waals surface area contributed by atoms with E-state index in [9.17, 15) is 4.79 Å². The first-order valence-electron chi connectivity index (χ1n) is 8.57. The third kappa shape index (κ3) is 4.06. The molecule has 1 aromatic carbocycles. The number of benzene rings is 1. The van der Waals surface area contributed by atoms with Crippen LogP contribution >= 0.6 is 15.9 Å². The molecule has 2 aromatic rings. The van der Waals surface area contributed by atoms with Gasteiger partial charge in [0.1, 0.15) is 11.4 Å². The number of ether oxygens (including phenoxy) is 1. The second-order valence-electron chi connectivity index (χ2n) is 7.52. The van der Waals surface area contributed by atoms with Gasteiger partial charge in [-0.1, -0.05) is 28.1 Å². The van der Waals surface area contributed by atoms with Crippen molar-refractivity contribution in [2.75, 3.05) is 0 Å². The maximum absolute atomic E-state index is 12.6. The predicted molar refractivity (Wildman–Crippen MR) is 101 cm³/mol. The van der Waals surface area contributed by atoms with Gasteiger partial charge in [-0.2, -0.15) is 0 Å². The van der Waals surface area contributed by atoms with Crippen LogP contribution in [0.15, 0.2) is 34.9 Å². The molecular weight excluding hydrogens is 382 g/mol. The van der Waals surface area contributed by atoms with Crippen LogP contribution in [0.5, 0.6) is 0 Å². The van der Waals surface area contributed by atoms with Crippen molar-refractivity contribution in [2.45, 2.75) is 58.2 Å². The molecule has 2 atom stereocenters. The average molecular weight is 406 g/mol. The Morgan fingerprint density at radius 3 is 2.60 bits per heavy atom. The molecule has 0 bridgehead atoms. The fourth-order valence-corrected chi connectivity index (χ4v) is 3.42. The van der Waals surface area contributed by atoms with Gasteiger partial charge in [0.25, 0.3) is 0 Å². The molecule has 1 N–H and O–H groups in total. The molecule has 0 aliphatic carbocycles. The lowest BCUT2D eigenvalue weighted by Crippen LogP contribution is -2.40. The van der Waals surface area contributed by atoms with Crippen LogP contribution in [0.25, 0.3) is 11.3 Å². The zero-order chi connectivity index (χ0) is 18.2. The first kappa shape index (κ1) is 18.0. The van der Waals surface area contributed by atoms with Crippen LogP contribution in [-0.4, -0.2) is 32.6 Å². The van der Waals surface area contributed by atoms with Crippen molar-refractivity contribution >= 4 is 22.0 Å². The van der Waals surface area contributed by atoms with Crippen LogP contribution in [0.3, 0.4) is 0 Å². The number of aromatic amines is 1. The lowest BCUT2D eigenvalue weighted by atomic mass is 10.2. The van der Waals surface area contributed by atoms with Crippen molar-refractivity contribution in [2.24, 2.45) is 0 Å². The van der Waals surface area contributed by atoms with Gasteiger partial charge in [0.15, 0.2) is 0 Å². The summed E-state index contributed by atoms with van der Waals surface area (Å²) in [5.74, 6) is 0.813. The summed E-state index contributed by atoms with van der Waals surface area (Å²) in [7, 11) is 0. The van der Waals surface area contributed by atoms with E-state index in [4.69, 9.17) is 4.74 Å². The van der Waals surface area contributed by atoms with Crippen molar-refractivity contribution < 1.29 is 9.53 Å². The van der Waals surface area contributed by atoms with Gasteiger partial charge in [-0.15, -0.1) is 0 Å². The maximum Gasteiger partial charge on any atom is 0.411 e. The topological polar surface area (TPSA) is 58.2 Å². The minimum absolute atomic E-state index is 0.0750. The number of likely N-dealkylation sites (tertiary alicyclic amines) is 1. The standard InChI is InChI=1S/C19H24BrN3O2/c1-12-5-10-16(23(12)18(24)25-19(2,3)4)17-21-11-15(22-17)13-6-8-14(20)9-7-13/h6-9,11-12,16H,5,10H2,1-4H3,(H,21,22)/t12?,16-/m0/s1. The molecular formula is C19H24BrN3O2. The van der Waals surface area contributed by atoms with Crippen LogP contribution in [-0.2, 0) is 4.74 Å². The average Bonchev–Trinajstić information content (AvgIpc) is 3.12. The number of aromatic nitrogens is 2. The van der Waals surface area contributed by atoms with Gasteiger partial charge in [-0.25, -0.2) is 9.78 Å². The first-order chi connectivity index (χ1) is 11.7. The summed E-state index contributed by atoms with van der Waals surface area (Å²) in [6.45, 7) is 7.72. The van der Waals surface area contributed by atoms with E-state index in [1.165, 1.54) is 0 Å². The number of hydrogen-bond donors (Lipinski definition) is 1. The molecule has 6 heteroatoms. The third-order valence-corrected chi connectivity index (χ3v) is 4.87. The summed E-state index contributed by atoms with van der Waals surface area (Å²) in [5.41, 5.74) is 1.51. The fraction of sp³-hybridized carbons (Fsp3) is 0.474. The van der Waals surface area contributed by atoms with Crippen molar-refractivity contribution in [3.8, 4) is 11.3 Å². The number of H-pyrrole nitrogens is 1. The number of nitrogens with zero attached hydrogens (tertiary/aromatic N) is 2. The molecule has 1 unspecified atom stereocenters. The van der Waals surface area contributed by atoms with Gasteiger partial charge >= 0.3 is 6.09 Å². The van der Waals surface area contributed by atoms with E-state index < -0.39 is 5.60 Å². The predicted octanol–water partition coefficient (Wildman–Crippen LogP) is 5.30. The zero-order valence-electron chi connectivity index (χ0n) is 15.0. The van der Waals surface area contributed by atoms with Crippen LogP contribution in [0, 0.1) is 0 Å². The Bertz CT molecular complexity index is 749. The molecule has 1 fully saturated rings. The highest BCUT2D eigenvalue weighted by Gasteiger charge is 2.39. The quantitative estimate of drug-likeness (QED) is 0.736. The highest BCUT2D eigenvalue weighted by Crippen LogP contribution is 2.36. The lowest BCUT2D eigenvalue weighted by molar-refractivity contribution is 0.0152. The van der Waals surface area contributed by atoms with Crippen molar-refractivity contribution in [3.05, 3.63) is 40.8 Å². The van der Waals surface area contributed by atoms with E-state index in [1.807, 2.05) is 56.1 Å². The van der Waals surface area contributed by atoms with Crippen LogP contribution < -0.4 is 0 Å². The van der Waals surface area contributed by atoms with Crippen LogP contribution in [0.1, 0.15) is 52.4 Å². The summed E-state index contributed by atoms with van der Waals surface area (Å²) in [5, 5.41) is 0. The number of hydrogen-bond acceptors (Lipinski definition) is 3. The van der Waals surface area contributed by atoms with E-state index in [-0.39, 0.29) is 18.2 Å². The highest BCUT2D eigenvalue weighted by atomic mass is 79.9. The number of imidazole rings is 1. The molecule has 2 heterocycles. The van der Waals surface area contributed by atoms with Crippen LogP contribution in [0.4, 0.5) is 4.79 Å². The van der Waals surface area contributed by atoms with Gasteiger partial charge in [0, 0.05) is 10.5 Å². The Morgan fingerprint density at radius 2 is 1.96 bits per heavy atom. The third-order valence-electron chi connectivity index (χ3n) is 4.34. The smallest absolute Gasteiger partial charge is 0.411 e. The molecule has 0 spiro atoms. The van der Waals surface area contributed by atoms with E-state index in [2.05, 4.69) is 32.8 Å². The molecule has 0 radical (unpaired) electrons. The SMILES string of the molecule is CC1CC[C@@H](c2ncc(-c3ccc(Br)cc3)[nH]2)N1C(=O)OC(C)(C)C. The molecule has 1 aromatic heterocycles. The molecule has 1 aliphatic heterocycles. The van der Waals surface area contributed by atoms with Gasteiger partial charge in [-0.3, -0.25) is 4.90 Å². The highest BCUT2D eigenvalue weighted by molar-refractivity contribution is 9.10. The van der Waals surface area contributed by atoms with Crippen molar-refractivity contribution in [1.29, 1.82) is 0 Å². The van der Waals surface area contributed by atoms with Gasteiger partial charge < -0.3 is 9.72 Å². The van der Waals surface area contributed by atoms with Crippen molar-refractivity contribution in [1.82, 2.24) is 14.9 Å². The van der Waals surface area contributed by atoms with E-state index in [1.54, 1.807) is 0 Å². The van der Waals surface area contributed by atoms with Gasteiger partial charge in [0.05, 0.1) is 17.9 Å². The number of halogens is 1. The monoisotopic (exact) mass is 405 g/mol. The summed E-state index contributed by atoms with van der Waals surface area (Å²) < 4.78 is 6.63. The maximum atomic E-state index is 12.6. The number of carbonyl (C=O) groups is 1. The lowest BCUT2D eigenvalue weighted by Gasteiger charge is -2.30. The molecule has 134 valence electrons. The van der Waals surface area contributed by atoms with Gasteiger partial charge in [-0.05, 0) is 58.2 Å². The number of nitrogens with one attached hydrogen (secondary N) is 1. The molecule has 3 rings (SSSR count). The summed E-state index contributed by atoms with van der Waals surface area (Å²) >= 11 is 3.45. The van der Waals surface area contributed by atoms with E-state index in [0.717, 1.165) is 34.4 Å². The number of amides is 1. The van der Waals surface area contributed by atoms with E-state index >= 15 is 0 Å². The fourth-order valence-electron chi connectivity index (χ4n) is 3.16. The molecule has 1 amide bonds. The van der Waals surface area contributed by atoms with E-state index in [0.29, 0.717) is 0 Å².